The smallest absolute Gasteiger partial charge is 0.319 e. The Bertz CT molecular complexity index is 490. The molecule has 21 heavy (non-hydrogen) atoms. The second-order valence-electron chi connectivity index (χ2n) is 4.39. The van der Waals surface area contributed by atoms with Gasteiger partial charge in [0.1, 0.15) is 5.82 Å². The van der Waals surface area contributed by atoms with Crippen molar-refractivity contribution >= 4 is 11.9 Å². The quantitative estimate of drug-likeness (QED) is 0.735. The first-order valence-corrected chi connectivity index (χ1v) is 6.34. The van der Waals surface area contributed by atoms with Crippen LogP contribution in [-0.2, 0) is 32.2 Å². The molecule has 0 heterocycles. The summed E-state index contributed by atoms with van der Waals surface area (Å²) in [5.41, 5.74) is 6.18. The van der Waals surface area contributed by atoms with Gasteiger partial charge in [0.2, 0.25) is 0 Å². The summed E-state index contributed by atoms with van der Waals surface area (Å²) < 4.78 is 23.3. The third-order valence-corrected chi connectivity index (χ3v) is 2.93. The minimum absolute atomic E-state index is 0.0733. The van der Waals surface area contributed by atoms with E-state index in [1.54, 1.807) is 18.2 Å². The second kappa shape index (κ2) is 8.33. The third kappa shape index (κ3) is 5.13. The van der Waals surface area contributed by atoms with Crippen LogP contribution in [0.2, 0.25) is 0 Å². The average Bonchev–Trinajstić information content (AvgIpc) is 2.48. The number of nitrogens with two attached hydrogens (primary N) is 1. The summed E-state index contributed by atoms with van der Waals surface area (Å²) in [6.07, 6.45) is 0. The van der Waals surface area contributed by atoms with Crippen molar-refractivity contribution in [1.82, 2.24) is 4.90 Å². The lowest BCUT2D eigenvalue weighted by Crippen LogP contribution is -2.35. The number of nitrogens with zero attached hydrogens (tertiary/aromatic N) is 1. The molecule has 0 aliphatic carbocycles. The molecule has 0 aliphatic heterocycles. The van der Waals surface area contributed by atoms with Gasteiger partial charge in [-0.1, -0.05) is 18.2 Å². The van der Waals surface area contributed by atoms with Crippen LogP contribution in [0.5, 0.6) is 0 Å². The summed E-state index contributed by atoms with van der Waals surface area (Å²) in [5.74, 6) is -1.47. The Balaban J connectivity index is 2.89. The molecule has 1 rings (SSSR count). The number of methoxy groups -OCH3 is 2. The minimum atomic E-state index is -0.519. The third-order valence-electron chi connectivity index (χ3n) is 2.93. The average molecular weight is 298 g/mol. The molecule has 0 unspecified atom stereocenters. The van der Waals surface area contributed by atoms with Crippen molar-refractivity contribution in [3.8, 4) is 0 Å². The Kier molecular flexibility index (Phi) is 6.77. The molecule has 1 aromatic rings. The van der Waals surface area contributed by atoms with Crippen LogP contribution in [0.3, 0.4) is 0 Å². The summed E-state index contributed by atoms with van der Waals surface area (Å²) in [6, 6.07) is 4.84. The molecule has 116 valence electrons. The standard InChI is InChI=1S/C14H19FN2O4/c1-20-12(18)8-17(9-13(19)21-2)7-11-5-3-4-10(6-16)14(11)15/h3-5H,6-9,16H2,1-2H3. The van der Waals surface area contributed by atoms with Crippen LogP contribution >= 0.6 is 0 Å². The van der Waals surface area contributed by atoms with E-state index in [9.17, 15) is 14.0 Å². The van der Waals surface area contributed by atoms with E-state index in [1.807, 2.05) is 0 Å². The van der Waals surface area contributed by atoms with Gasteiger partial charge in [-0.15, -0.1) is 0 Å². The normalized spacial score (nSPS) is 10.5. The van der Waals surface area contributed by atoms with Gasteiger partial charge in [0.05, 0.1) is 27.3 Å². The van der Waals surface area contributed by atoms with Crippen LogP contribution in [0.15, 0.2) is 18.2 Å². The summed E-state index contributed by atoms with van der Waals surface area (Å²) >= 11 is 0. The van der Waals surface area contributed by atoms with Crippen molar-refractivity contribution in [3.63, 3.8) is 0 Å². The summed E-state index contributed by atoms with van der Waals surface area (Å²) in [7, 11) is 2.49. The van der Waals surface area contributed by atoms with Crippen LogP contribution in [0.25, 0.3) is 0 Å². The number of hydrogen-bond acceptors (Lipinski definition) is 6. The van der Waals surface area contributed by atoms with Gasteiger partial charge < -0.3 is 15.2 Å². The molecule has 6 nitrogen and oxygen atoms in total. The molecule has 0 saturated heterocycles. The van der Waals surface area contributed by atoms with Crippen LogP contribution in [0.4, 0.5) is 4.39 Å². The van der Waals surface area contributed by atoms with E-state index < -0.39 is 17.8 Å². The number of esters is 2. The number of carbonyl (C=O) groups is 2. The summed E-state index contributed by atoms with van der Waals surface area (Å²) in [6.45, 7) is -0.132. The molecule has 0 bridgehead atoms. The first kappa shape index (κ1) is 17.1. The van der Waals surface area contributed by atoms with Crippen LogP contribution in [0.1, 0.15) is 11.1 Å². The summed E-state index contributed by atoms with van der Waals surface area (Å²) in [4.78, 5) is 24.2. The van der Waals surface area contributed by atoms with Crippen molar-refractivity contribution in [2.75, 3.05) is 27.3 Å². The van der Waals surface area contributed by atoms with Crippen molar-refractivity contribution in [2.45, 2.75) is 13.1 Å². The highest BCUT2D eigenvalue weighted by Crippen LogP contribution is 2.15. The minimum Gasteiger partial charge on any atom is -0.468 e. The van der Waals surface area contributed by atoms with E-state index in [0.29, 0.717) is 11.1 Å². The van der Waals surface area contributed by atoms with Gasteiger partial charge in [-0.3, -0.25) is 14.5 Å². The zero-order valence-corrected chi connectivity index (χ0v) is 12.1. The van der Waals surface area contributed by atoms with Crippen molar-refractivity contribution in [1.29, 1.82) is 0 Å². The van der Waals surface area contributed by atoms with Crippen molar-refractivity contribution in [3.05, 3.63) is 35.1 Å². The van der Waals surface area contributed by atoms with Gasteiger partial charge in [-0.05, 0) is 0 Å². The van der Waals surface area contributed by atoms with Crippen molar-refractivity contribution in [2.24, 2.45) is 5.73 Å². The maximum atomic E-state index is 14.1. The molecule has 0 radical (unpaired) electrons. The van der Waals surface area contributed by atoms with Crippen LogP contribution in [-0.4, -0.2) is 44.1 Å². The van der Waals surface area contributed by atoms with E-state index >= 15 is 0 Å². The first-order valence-electron chi connectivity index (χ1n) is 6.34. The summed E-state index contributed by atoms with van der Waals surface area (Å²) in [5, 5.41) is 0. The Morgan fingerprint density at radius 2 is 1.67 bits per heavy atom. The molecule has 0 spiro atoms. The molecular formula is C14H19FN2O4. The van der Waals surface area contributed by atoms with Gasteiger partial charge in [0.15, 0.2) is 0 Å². The van der Waals surface area contributed by atoms with Gasteiger partial charge in [0, 0.05) is 24.2 Å². The number of carbonyl (C=O) groups excluding carboxylic acids is 2. The maximum Gasteiger partial charge on any atom is 0.319 e. The SMILES string of the molecule is COC(=O)CN(CC(=O)OC)Cc1cccc(CN)c1F. The topological polar surface area (TPSA) is 81.9 Å². The highest BCUT2D eigenvalue weighted by atomic mass is 19.1. The first-order chi connectivity index (χ1) is 10.0. The fraction of sp³-hybridized carbons (Fsp3) is 0.429. The van der Waals surface area contributed by atoms with Gasteiger partial charge >= 0.3 is 11.9 Å². The predicted octanol–water partition coefficient (Wildman–Crippen LogP) is 0.432. The Hall–Kier alpha value is -1.99. The fourth-order valence-corrected chi connectivity index (χ4v) is 1.82. The van der Waals surface area contributed by atoms with E-state index in [4.69, 9.17) is 5.73 Å². The molecule has 0 amide bonds. The highest BCUT2D eigenvalue weighted by Gasteiger charge is 2.18. The molecule has 0 fully saturated rings. The Labute approximate surface area is 122 Å². The largest absolute Gasteiger partial charge is 0.468 e. The van der Waals surface area contributed by atoms with Gasteiger partial charge in [-0.25, -0.2) is 4.39 Å². The second-order valence-corrected chi connectivity index (χ2v) is 4.39. The number of hydrogen-bond donors (Lipinski definition) is 1. The zero-order chi connectivity index (χ0) is 15.8. The van der Waals surface area contributed by atoms with Gasteiger partial charge in [-0.2, -0.15) is 0 Å². The van der Waals surface area contributed by atoms with E-state index in [1.165, 1.54) is 19.1 Å². The van der Waals surface area contributed by atoms with E-state index in [-0.39, 0.29) is 26.2 Å². The molecule has 1 aromatic carbocycles. The lowest BCUT2D eigenvalue weighted by Gasteiger charge is -2.20. The van der Waals surface area contributed by atoms with Crippen molar-refractivity contribution < 1.29 is 23.5 Å². The van der Waals surface area contributed by atoms with E-state index in [2.05, 4.69) is 9.47 Å². The Morgan fingerprint density at radius 3 is 2.14 bits per heavy atom. The molecule has 2 N–H and O–H groups in total. The Morgan fingerprint density at radius 1 is 1.14 bits per heavy atom. The molecular weight excluding hydrogens is 279 g/mol. The molecule has 0 saturated carbocycles. The molecule has 0 atom stereocenters. The zero-order valence-electron chi connectivity index (χ0n) is 12.1. The number of rotatable bonds is 7. The molecule has 0 aliphatic rings. The number of halogens is 1. The maximum absolute atomic E-state index is 14.1. The molecule has 0 aromatic heterocycles. The van der Waals surface area contributed by atoms with Gasteiger partial charge in [0.25, 0.3) is 0 Å². The van der Waals surface area contributed by atoms with Crippen LogP contribution < -0.4 is 5.73 Å². The fourth-order valence-electron chi connectivity index (χ4n) is 1.82. The molecule has 7 heteroatoms. The highest BCUT2D eigenvalue weighted by molar-refractivity contribution is 5.74. The van der Waals surface area contributed by atoms with Crippen LogP contribution in [0, 0.1) is 5.82 Å². The monoisotopic (exact) mass is 298 g/mol. The van der Waals surface area contributed by atoms with E-state index in [0.717, 1.165) is 0 Å². The lowest BCUT2D eigenvalue weighted by atomic mass is 10.1. The lowest BCUT2D eigenvalue weighted by molar-refractivity contribution is -0.145. The number of benzene rings is 1. The number of ether oxygens (including phenoxy) is 2. The predicted molar refractivity (Wildman–Crippen MR) is 73.6 cm³/mol.